The lowest BCUT2D eigenvalue weighted by Gasteiger charge is -2.10. The molecule has 1 aromatic heterocycles. The van der Waals surface area contributed by atoms with Crippen LogP contribution in [0.25, 0.3) is 0 Å². The third-order valence-electron chi connectivity index (χ3n) is 2.70. The van der Waals surface area contributed by atoms with Crippen molar-refractivity contribution in [3.8, 4) is 0 Å². The van der Waals surface area contributed by atoms with E-state index < -0.39 is 5.97 Å². The average Bonchev–Trinajstić information content (AvgIpc) is 2.43. The normalized spacial score (nSPS) is 10.6. The second-order valence-corrected chi connectivity index (χ2v) is 4.85. The molecule has 0 aliphatic heterocycles. The number of carbonyl (C=O) groups is 1. The van der Waals surface area contributed by atoms with Gasteiger partial charge in [0.05, 0.1) is 19.4 Å². The third-order valence-corrected chi connectivity index (χ3v) is 2.70. The van der Waals surface area contributed by atoms with Crippen molar-refractivity contribution in [3.63, 3.8) is 0 Å². The van der Waals surface area contributed by atoms with Gasteiger partial charge in [0, 0.05) is 13.2 Å². The van der Waals surface area contributed by atoms with Gasteiger partial charge in [-0.15, -0.1) is 0 Å². The lowest BCUT2D eigenvalue weighted by atomic mass is 10.1. The number of pyridine rings is 1. The van der Waals surface area contributed by atoms with Crippen molar-refractivity contribution in [2.24, 2.45) is 5.92 Å². The molecular weight excluding hydrogens is 258 g/mol. The number of esters is 1. The molecule has 0 radical (unpaired) electrons. The number of hydrogen-bond donors (Lipinski definition) is 2. The van der Waals surface area contributed by atoms with Crippen LogP contribution in [0.15, 0.2) is 12.1 Å². The zero-order valence-corrected chi connectivity index (χ0v) is 12.3. The molecule has 0 aromatic carbocycles. The van der Waals surface area contributed by atoms with E-state index in [1.165, 1.54) is 13.2 Å². The number of anilines is 2. The van der Waals surface area contributed by atoms with Gasteiger partial charge in [0.25, 0.3) is 0 Å². The molecule has 6 heteroatoms. The summed E-state index contributed by atoms with van der Waals surface area (Å²) in [4.78, 5) is 15.5. The van der Waals surface area contributed by atoms with Gasteiger partial charge in [-0.2, -0.15) is 0 Å². The molecule has 0 saturated carbocycles. The van der Waals surface area contributed by atoms with Crippen LogP contribution < -0.4 is 11.1 Å². The first kappa shape index (κ1) is 16.2. The fourth-order valence-corrected chi connectivity index (χ4v) is 1.49. The Morgan fingerprint density at radius 3 is 2.80 bits per heavy atom. The number of aromatic nitrogens is 1. The first-order chi connectivity index (χ1) is 9.54. The molecule has 0 aliphatic rings. The summed E-state index contributed by atoms with van der Waals surface area (Å²) in [5, 5.41) is 3.05. The molecule has 1 rings (SSSR count). The van der Waals surface area contributed by atoms with Crippen molar-refractivity contribution < 1.29 is 14.3 Å². The number of rotatable bonds is 8. The number of hydrogen-bond acceptors (Lipinski definition) is 6. The quantitative estimate of drug-likeness (QED) is 0.559. The summed E-state index contributed by atoms with van der Waals surface area (Å²) in [6.45, 7) is 6.20. The van der Waals surface area contributed by atoms with Gasteiger partial charge in [-0.1, -0.05) is 13.8 Å². The molecule has 6 nitrogen and oxygen atoms in total. The van der Waals surface area contributed by atoms with Gasteiger partial charge < -0.3 is 20.5 Å². The van der Waals surface area contributed by atoms with Crippen molar-refractivity contribution >= 4 is 17.5 Å². The van der Waals surface area contributed by atoms with Crippen LogP contribution in [-0.4, -0.2) is 37.8 Å². The van der Waals surface area contributed by atoms with Crippen LogP contribution in [0.4, 0.5) is 11.5 Å². The van der Waals surface area contributed by atoms with E-state index in [0.717, 1.165) is 13.0 Å². The predicted molar refractivity (Wildman–Crippen MR) is 78.8 cm³/mol. The second-order valence-electron chi connectivity index (χ2n) is 4.85. The van der Waals surface area contributed by atoms with Crippen LogP contribution >= 0.6 is 0 Å². The van der Waals surface area contributed by atoms with E-state index in [4.69, 9.17) is 10.5 Å². The van der Waals surface area contributed by atoms with E-state index in [2.05, 4.69) is 28.9 Å². The molecule has 0 spiro atoms. The summed E-state index contributed by atoms with van der Waals surface area (Å²) in [6, 6.07) is 3.16. The largest absolute Gasteiger partial charge is 0.464 e. The highest BCUT2D eigenvalue weighted by molar-refractivity contribution is 5.88. The molecule has 3 N–H and O–H groups in total. The number of nitrogens with two attached hydrogens (primary N) is 1. The van der Waals surface area contributed by atoms with Gasteiger partial charge >= 0.3 is 5.97 Å². The molecule has 0 fully saturated rings. The van der Waals surface area contributed by atoms with Crippen LogP contribution in [-0.2, 0) is 9.47 Å². The summed E-state index contributed by atoms with van der Waals surface area (Å²) in [6.07, 6.45) is 1.04. The third kappa shape index (κ3) is 5.44. The molecule has 0 unspecified atom stereocenters. The Bertz CT molecular complexity index is 436. The number of nitrogen functional groups attached to an aromatic ring is 1. The minimum atomic E-state index is -0.485. The molecule has 1 heterocycles. The molecular formula is C14H23N3O3. The Morgan fingerprint density at radius 1 is 1.40 bits per heavy atom. The topological polar surface area (TPSA) is 86.5 Å². The smallest absolute Gasteiger partial charge is 0.356 e. The molecule has 0 amide bonds. The monoisotopic (exact) mass is 281 g/mol. The zero-order valence-electron chi connectivity index (χ0n) is 12.3. The summed E-state index contributed by atoms with van der Waals surface area (Å²) in [5.41, 5.74) is 6.51. The summed E-state index contributed by atoms with van der Waals surface area (Å²) < 4.78 is 10.1. The Balaban J connectivity index is 2.41. The summed E-state index contributed by atoms with van der Waals surface area (Å²) in [5.74, 6) is 0.624. The standard InChI is InChI=1S/C14H23N3O3/c1-10(2)6-8-20-9-7-16-13-11(15)4-5-12(17-13)14(18)19-3/h4-5,10H,6-9,15H2,1-3H3,(H,16,17). The molecule has 0 atom stereocenters. The predicted octanol–water partition coefficient (Wildman–Crippen LogP) is 1.92. The Kier molecular flexibility index (Phi) is 6.79. The Hall–Kier alpha value is -1.82. The van der Waals surface area contributed by atoms with Crippen LogP contribution in [0, 0.1) is 5.92 Å². The second kappa shape index (κ2) is 8.37. The van der Waals surface area contributed by atoms with E-state index in [1.54, 1.807) is 6.07 Å². The van der Waals surface area contributed by atoms with Crippen LogP contribution in [0.1, 0.15) is 30.8 Å². The first-order valence-electron chi connectivity index (χ1n) is 6.71. The minimum Gasteiger partial charge on any atom is -0.464 e. The van der Waals surface area contributed by atoms with Gasteiger partial charge in [-0.05, 0) is 24.5 Å². The Labute approximate surface area is 119 Å². The van der Waals surface area contributed by atoms with Crippen molar-refractivity contribution in [2.45, 2.75) is 20.3 Å². The maximum absolute atomic E-state index is 11.4. The van der Waals surface area contributed by atoms with Crippen molar-refractivity contribution in [1.82, 2.24) is 4.98 Å². The lowest BCUT2D eigenvalue weighted by molar-refractivity contribution is 0.0594. The average molecular weight is 281 g/mol. The lowest BCUT2D eigenvalue weighted by Crippen LogP contribution is -2.14. The maximum atomic E-state index is 11.4. The number of methoxy groups -OCH3 is 1. The highest BCUT2D eigenvalue weighted by Gasteiger charge is 2.09. The molecule has 20 heavy (non-hydrogen) atoms. The summed E-state index contributed by atoms with van der Waals surface area (Å²) >= 11 is 0. The molecule has 0 saturated heterocycles. The van der Waals surface area contributed by atoms with E-state index in [1.807, 2.05) is 0 Å². The highest BCUT2D eigenvalue weighted by atomic mass is 16.5. The number of ether oxygens (including phenoxy) is 2. The van der Waals surface area contributed by atoms with E-state index in [9.17, 15) is 4.79 Å². The number of nitrogens with zero attached hydrogens (tertiary/aromatic N) is 1. The van der Waals surface area contributed by atoms with Crippen molar-refractivity contribution in [1.29, 1.82) is 0 Å². The van der Waals surface area contributed by atoms with Crippen LogP contribution in [0.3, 0.4) is 0 Å². The van der Waals surface area contributed by atoms with Gasteiger partial charge in [0.2, 0.25) is 0 Å². The van der Waals surface area contributed by atoms with Crippen molar-refractivity contribution in [3.05, 3.63) is 17.8 Å². The number of nitrogens with one attached hydrogen (secondary N) is 1. The van der Waals surface area contributed by atoms with Gasteiger partial charge in [-0.25, -0.2) is 9.78 Å². The van der Waals surface area contributed by atoms with E-state index >= 15 is 0 Å². The van der Waals surface area contributed by atoms with Gasteiger partial charge in [0.15, 0.2) is 5.69 Å². The van der Waals surface area contributed by atoms with Crippen molar-refractivity contribution in [2.75, 3.05) is 37.9 Å². The molecule has 0 bridgehead atoms. The minimum absolute atomic E-state index is 0.227. The highest BCUT2D eigenvalue weighted by Crippen LogP contribution is 2.15. The van der Waals surface area contributed by atoms with Crippen LogP contribution in [0.5, 0.6) is 0 Å². The fraction of sp³-hybridized carbons (Fsp3) is 0.571. The molecule has 0 aliphatic carbocycles. The van der Waals surface area contributed by atoms with Gasteiger partial charge in [-0.3, -0.25) is 0 Å². The number of carbonyl (C=O) groups excluding carboxylic acids is 1. The van der Waals surface area contributed by atoms with Gasteiger partial charge in [0.1, 0.15) is 5.82 Å². The first-order valence-corrected chi connectivity index (χ1v) is 6.71. The van der Waals surface area contributed by atoms with E-state index in [0.29, 0.717) is 30.6 Å². The Morgan fingerprint density at radius 2 is 2.15 bits per heavy atom. The fourth-order valence-electron chi connectivity index (χ4n) is 1.49. The summed E-state index contributed by atoms with van der Waals surface area (Å²) in [7, 11) is 1.32. The van der Waals surface area contributed by atoms with E-state index in [-0.39, 0.29) is 5.69 Å². The SMILES string of the molecule is COC(=O)c1ccc(N)c(NCCOCCC(C)C)n1. The maximum Gasteiger partial charge on any atom is 0.356 e. The molecule has 112 valence electrons. The molecule has 1 aromatic rings. The zero-order chi connectivity index (χ0) is 15.0. The van der Waals surface area contributed by atoms with Crippen LogP contribution in [0.2, 0.25) is 0 Å².